The minimum Gasteiger partial charge on any atom is -0.340 e. The van der Waals surface area contributed by atoms with Gasteiger partial charge in [-0.15, -0.1) is 0 Å². The van der Waals surface area contributed by atoms with Crippen LogP contribution in [0.25, 0.3) is 10.9 Å². The molecule has 2 aromatic heterocycles. The van der Waals surface area contributed by atoms with E-state index in [-0.39, 0.29) is 5.91 Å². The van der Waals surface area contributed by atoms with Crippen LogP contribution in [0, 0.1) is 0 Å². The Morgan fingerprint density at radius 3 is 2.67 bits per heavy atom. The molecule has 3 heterocycles. The van der Waals surface area contributed by atoms with Crippen LogP contribution in [-0.4, -0.2) is 58.0 Å². The number of hydrogen-bond donors (Lipinski definition) is 0. The molecule has 1 saturated heterocycles. The molecule has 0 atom stereocenters. The fraction of sp³-hybridized carbons (Fsp3) is 0.333. The van der Waals surface area contributed by atoms with Crippen molar-refractivity contribution in [2.24, 2.45) is 7.05 Å². The maximum atomic E-state index is 13.0. The number of carbonyl (C=O) groups excluding carboxylic acids is 1. The summed E-state index contributed by atoms with van der Waals surface area (Å²) in [5, 5.41) is 1.73. The van der Waals surface area contributed by atoms with Crippen molar-refractivity contribution in [3.05, 3.63) is 65.1 Å². The first-order valence-electron chi connectivity index (χ1n) is 9.28. The molecule has 1 aromatic carbocycles. The molecule has 0 aliphatic carbocycles. The first kappa shape index (κ1) is 18.0. The first-order valence-corrected chi connectivity index (χ1v) is 9.66. The van der Waals surface area contributed by atoms with Crippen LogP contribution in [0.15, 0.2) is 48.7 Å². The average Bonchev–Trinajstić information content (AvgIpc) is 3.03. The summed E-state index contributed by atoms with van der Waals surface area (Å²) in [6.07, 6.45) is 2.78. The van der Waals surface area contributed by atoms with Gasteiger partial charge in [-0.2, -0.15) is 0 Å². The van der Waals surface area contributed by atoms with E-state index in [1.54, 1.807) is 0 Å². The number of nitrogens with zero attached hydrogens (tertiary/aromatic N) is 4. The van der Waals surface area contributed by atoms with Gasteiger partial charge in [0, 0.05) is 74.0 Å². The fourth-order valence-corrected chi connectivity index (χ4v) is 3.83. The lowest BCUT2D eigenvalue weighted by Gasteiger charge is -2.34. The molecule has 1 aliphatic heterocycles. The van der Waals surface area contributed by atoms with Gasteiger partial charge in [0.2, 0.25) is 0 Å². The Bertz CT molecular complexity index is 945. The monoisotopic (exact) mass is 382 g/mol. The largest absolute Gasteiger partial charge is 0.340 e. The lowest BCUT2D eigenvalue weighted by molar-refractivity contribution is 0.0629. The second kappa shape index (κ2) is 7.71. The van der Waals surface area contributed by atoms with Crippen LogP contribution in [-0.2, 0) is 13.5 Å². The van der Waals surface area contributed by atoms with E-state index in [1.807, 2.05) is 59.1 Å². The third kappa shape index (κ3) is 3.84. The van der Waals surface area contributed by atoms with E-state index in [0.29, 0.717) is 10.7 Å². The zero-order valence-corrected chi connectivity index (χ0v) is 16.2. The molecular weight excluding hydrogens is 360 g/mol. The van der Waals surface area contributed by atoms with Crippen LogP contribution < -0.4 is 0 Å². The van der Waals surface area contributed by atoms with Gasteiger partial charge in [-0.3, -0.25) is 14.7 Å². The van der Waals surface area contributed by atoms with E-state index in [1.165, 1.54) is 0 Å². The third-order valence-corrected chi connectivity index (χ3v) is 5.53. The molecular formula is C21H23ClN4O. The van der Waals surface area contributed by atoms with E-state index >= 15 is 0 Å². The molecule has 0 radical (unpaired) electrons. The summed E-state index contributed by atoms with van der Waals surface area (Å²) in [5.41, 5.74) is 2.82. The molecule has 27 heavy (non-hydrogen) atoms. The molecule has 5 nitrogen and oxygen atoms in total. The van der Waals surface area contributed by atoms with Crippen LogP contribution in [0.2, 0.25) is 5.02 Å². The summed E-state index contributed by atoms with van der Waals surface area (Å²) in [4.78, 5) is 21.7. The fourth-order valence-electron chi connectivity index (χ4n) is 3.66. The van der Waals surface area contributed by atoms with E-state index in [0.717, 1.165) is 55.7 Å². The van der Waals surface area contributed by atoms with Crippen molar-refractivity contribution >= 4 is 28.4 Å². The van der Waals surface area contributed by atoms with Gasteiger partial charge >= 0.3 is 0 Å². The minimum absolute atomic E-state index is 0.0919. The molecule has 4 rings (SSSR count). The van der Waals surface area contributed by atoms with Crippen molar-refractivity contribution in [3.8, 4) is 0 Å². The Hall–Kier alpha value is -2.37. The van der Waals surface area contributed by atoms with Crippen molar-refractivity contribution in [1.29, 1.82) is 0 Å². The highest BCUT2D eigenvalue weighted by molar-refractivity contribution is 6.31. The van der Waals surface area contributed by atoms with Gasteiger partial charge in [-0.1, -0.05) is 23.7 Å². The number of rotatable bonds is 4. The molecule has 140 valence electrons. The Morgan fingerprint density at radius 2 is 1.93 bits per heavy atom. The number of halogens is 1. The molecule has 0 spiro atoms. The predicted molar refractivity (Wildman–Crippen MR) is 108 cm³/mol. The second-order valence-electron chi connectivity index (χ2n) is 7.00. The van der Waals surface area contributed by atoms with Gasteiger partial charge in [0.15, 0.2) is 0 Å². The lowest BCUT2D eigenvalue weighted by atomic mass is 10.2. The smallest absolute Gasteiger partial charge is 0.270 e. The Labute approximate surface area is 164 Å². The maximum Gasteiger partial charge on any atom is 0.270 e. The summed E-state index contributed by atoms with van der Waals surface area (Å²) < 4.78 is 1.94. The molecule has 1 aliphatic rings. The number of aromatic nitrogens is 2. The van der Waals surface area contributed by atoms with E-state index in [4.69, 9.17) is 11.6 Å². The van der Waals surface area contributed by atoms with Gasteiger partial charge < -0.3 is 9.47 Å². The molecule has 0 unspecified atom stereocenters. The topological polar surface area (TPSA) is 41.4 Å². The van der Waals surface area contributed by atoms with Gasteiger partial charge in [0.25, 0.3) is 5.91 Å². The van der Waals surface area contributed by atoms with Crippen LogP contribution in [0.4, 0.5) is 0 Å². The zero-order valence-electron chi connectivity index (χ0n) is 15.4. The molecule has 0 bridgehead atoms. The zero-order chi connectivity index (χ0) is 18.8. The normalized spacial score (nSPS) is 15.4. The Balaban J connectivity index is 1.38. The van der Waals surface area contributed by atoms with Gasteiger partial charge in [0.05, 0.1) is 0 Å². The molecule has 6 heteroatoms. The quantitative estimate of drug-likeness (QED) is 0.695. The average molecular weight is 383 g/mol. The number of amides is 1. The number of aryl methyl sites for hydroxylation is 1. The lowest BCUT2D eigenvalue weighted by Crippen LogP contribution is -2.49. The first-order chi connectivity index (χ1) is 13.1. The van der Waals surface area contributed by atoms with Crippen molar-refractivity contribution in [2.75, 3.05) is 32.7 Å². The van der Waals surface area contributed by atoms with Crippen molar-refractivity contribution < 1.29 is 4.79 Å². The predicted octanol–water partition coefficient (Wildman–Crippen LogP) is 3.23. The number of carbonyl (C=O) groups is 1. The SMILES string of the molecule is Cn1c(C(=O)N2CCN(CCc3ccccn3)CC2)cc2ccc(Cl)cc21. The highest BCUT2D eigenvalue weighted by Gasteiger charge is 2.24. The van der Waals surface area contributed by atoms with E-state index in [9.17, 15) is 4.79 Å². The Kier molecular flexibility index (Phi) is 5.14. The van der Waals surface area contributed by atoms with E-state index in [2.05, 4.69) is 16.0 Å². The summed E-state index contributed by atoms with van der Waals surface area (Å²) in [6, 6.07) is 13.7. The van der Waals surface area contributed by atoms with Crippen LogP contribution in [0.3, 0.4) is 0 Å². The van der Waals surface area contributed by atoms with Crippen molar-refractivity contribution in [1.82, 2.24) is 19.4 Å². The summed E-state index contributed by atoms with van der Waals surface area (Å²) in [6.45, 7) is 4.28. The maximum absolute atomic E-state index is 13.0. The highest BCUT2D eigenvalue weighted by Crippen LogP contribution is 2.23. The number of benzene rings is 1. The Morgan fingerprint density at radius 1 is 1.11 bits per heavy atom. The molecule has 3 aromatic rings. The molecule has 0 N–H and O–H groups in total. The van der Waals surface area contributed by atoms with Crippen LogP contribution in [0.1, 0.15) is 16.2 Å². The molecule has 0 saturated carbocycles. The van der Waals surface area contributed by atoms with Crippen LogP contribution in [0.5, 0.6) is 0 Å². The summed E-state index contributed by atoms with van der Waals surface area (Å²) in [5.74, 6) is 0.0919. The number of hydrogen-bond acceptors (Lipinski definition) is 3. The minimum atomic E-state index is 0.0919. The highest BCUT2D eigenvalue weighted by atomic mass is 35.5. The van der Waals surface area contributed by atoms with Crippen molar-refractivity contribution in [2.45, 2.75) is 6.42 Å². The molecule has 1 fully saturated rings. The van der Waals surface area contributed by atoms with Gasteiger partial charge in [-0.05, 0) is 30.3 Å². The summed E-state index contributed by atoms with van der Waals surface area (Å²) in [7, 11) is 1.93. The third-order valence-electron chi connectivity index (χ3n) is 5.30. The number of piperazine rings is 1. The van der Waals surface area contributed by atoms with E-state index < -0.39 is 0 Å². The second-order valence-corrected chi connectivity index (χ2v) is 7.43. The van der Waals surface area contributed by atoms with Crippen molar-refractivity contribution in [3.63, 3.8) is 0 Å². The standard InChI is InChI=1S/C21H23ClN4O/c1-24-19-15-17(22)6-5-16(19)14-20(24)21(27)26-12-10-25(11-13-26)9-7-18-4-2-3-8-23-18/h2-6,8,14-15H,7,9-13H2,1H3. The van der Waals surface area contributed by atoms with Gasteiger partial charge in [-0.25, -0.2) is 0 Å². The number of fused-ring (bicyclic) bond motifs is 1. The van der Waals surface area contributed by atoms with Gasteiger partial charge in [0.1, 0.15) is 5.69 Å². The molecule has 1 amide bonds. The van der Waals surface area contributed by atoms with Crippen LogP contribution >= 0.6 is 11.6 Å². The number of pyridine rings is 1. The summed E-state index contributed by atoms with van der Waals surface area (Å²) >= 11 is 6.10.